The predicted molar refractivity (Wildman–Crippen MR) is 123 cm³/mol. The third-order valence-electron chi connectivity index (χ3n) is 5.23. The highest BCUT2D eigenvalue weighted by Gasteiger charge is 2.24. The molecule has 1 amide bonds. The summed E-state index contributed by atoms with van der Waals surface area (Å²) in [4.78, 5) is 19.4. The summed E-state index contributed by atoms with van der Waals surface area (Å²) in [5.41, 5.74) is 3.57. The summed E-state index contributed by atoms with van der Waals surface area (Å²) < 4.78 is 16.0. The average Bonchev–Trinajstić information content (AvgIpc) is 3.28. The maximum Gasteiger partial charge on any atom is 0.272 e. The third-order valence-corrected chi connectivity index (χ3v) is 5.23. The van der Waals surface area contributed by atoms with Gasteiger partial charge in [0, 0.05) is 31.0 Å². The number of carbonyl (C=O) groups excluding carboxylic acids is 1. The molecule has 0 bridgehead atoms. The fourth-order valence-corrected chi connectivity index (χ4v) is 3.53. The Hall–Kier alpha value is -4.31. The second kappa shape index (κ2) is 9.88. The van der Waals surface area contributed by atoms with Gasteiger partial charge in [0.05, 0.1) is 23.9 Å². The molecule has 0 radical (unpaired) electrons. The number of amides is 1. The second-order valence-corrected chi connectivity index (χ2v) is 7.64. The minimum Gasteiger partial charge on any atom is -0.332 e. The van der Waals surface area contributed by atoms with Crippen molar-refractivity contribution in [3.8, 4) is 23.0 Å². The van der Waals surface area contributed by atoms with Gasteiger partial charge in [0.1, 0.15) is 11.5 Å². The lowest BCUT2D eigenvalue weighted by Crippen LogP contribution is -2.33. The minimum absolute atomic E-state index is 0.185. The fourth-order valence-electron chi connectivity index (χ4n) is 3.53. The summed E-state index contributed by atoms with van der Waals surface area (Å²) in [6.45, 7) is 2.52. The molecule has 164 valence electrons. The Kier molecular flexibility index (Phi) is 6.56. The molecule has 0 saturated heterocycles. The monoisotopic (exact) mass is 439 g/mol. The first-order chi connectivity index (χ1) is 16.1. The van der Waals surface area contributed by atoms with E-state index in [0.29, 0.717) is 29.2 Å². The molecule has 0 unspecified atom stereocenters. The Morgan fingerprint density at radius 3 is 2.61 bits per heavy atom. The van der Waals surface area contributed by atoms with Crippen molar-refractivity contribution in [2.75, 3.05) is 6.54 Å². The summed E-state index contributed by atoms with van der Waals surface area (Å²) in [5.74, 6) is -0.716. The van der Waals surface area contributed by atoms with Crippen LogP contribution >= 0.6 is 0 Å². The molecule has 0 aliphatic carbocycles. The number of hydrogen-bond acceptors (Lipinski definition) is 4. The largest absolute Gasteiger partial charge is 0.332 e. The highest BCUT2D eigenvalue weighted by molar-refractivity contribution is 5.94. The van der Waals surface area contributed by atoms with E-state index in [1.807, 2.05) is 37.3 Å². The molecule has 4 rings (SSSR count). The zero-order chi connectivity index (χ0) is 23.2. The van der Waals surface area contributed by atoms with E-state index < -0.39 is 5.82 Å². The summed E-state index contributed by atoms with van der Waals surface area (Å²) in [6, 6.07) is 21.3. The van der Waals surface area contributed by atoms with E-state index in [9.17, 15) is 9.18 Å². The normalized spacial score (nSPS) is 10.6. The predicted octanol–water partition coefficient (Wildman–Crippen LogP) is 4.94. The quantitative estimate of drug-likeness (QED) is 0.409. The molecule has 4 aromatic rings. The van der Waals surface area contributed by atoms with Gasteiger partial charge in [-0.25, -0.2) is 9.07 Å². The zero-order valence-corrected chi connectivity index (χ0v) is 18.1. The van der Waals surface area contributed by atoms with Gasteiger partial charge in [-0.15, -0.1) is 0 Å². The van der Waals surface area contributed by atoms with Crippen LogP contribution in [0.3, 0.4) is 0 Å². The number of aryl methyl sites for hydroxylation is 1. The van der Waals surface area contributed by atoms with Crippen LogP contribution in [-0.4, -0.2) is 32.1 Å². The van der Waals surface area contributed by atoms with Crippen molar-refractivity contribution in [1.29, 1.82) is 5.26 Å². The highest BCUT2D eigenvalue weighted by Crippen LogP contribution is 2.25. The van der Waals surface area contributed by atoms with Crippen LogP contribution in [0.15, 0.2) is 79.1 Å². The number of pyridine rings is 1. The molecule has 33 heavy (non-hydrogen) atoms. The van der Waals surface area contributed by atoms with Gasteiger partial charge >= 0.3 is 0 Å². The van der Waals surface area contributed by atoms with Crippen LogP contribution in [0.4, 0.5) is 4.39 Å². The number of halogens is 1. The number of benzene rings is 2. The average molecular weight is 439 g/mol. The standard InChI is InChI=1S/C26H22FN5O/c1-19-9-11-21(12-10-19)32-25(16-24(30-32)22-7-2-3-8-23(22)27)26(33)31(15-5-13-28)18-20-6-4-14-29-17-20/h2-4,6-12,14,16-17H,5,15,18H2,1H3. The summed E-state index contributed by atoms with van der Waals surface area (Å²) in [6.07, 6.45) is 3.54. The molecular formula is C26H22FN5O. The van der Waals surface area contributed by atoms with Gasteiger partial charge in [-0.05, 0) is 48.9 Å². The lowest BCUT2D eigenvalue weighted by molar-refractivity contribution is 0.0737. The maximum atomic E-state index is 14.5. The smallest absolute Gasteiger partial charge is 0.272 e. The van der Waals surface area contributed by atoms with Crippen molar-refractivity contribution in [3.63, 3.8) is 0 Å². The first-order valence-corrected chi connectivity index (χ1v) is 10.5. The molecule has 7 heteroatoms. The van der Waals surface area contributed by atoms with Crippen LogP contribution in [0.1, 0.15) is 28.0 Å². The number of nitriles is 1. The second-order valence-electron chi connectivity index (χ2n) is 7.64. The molecule has 0 spiro atoms. The van der Waals surface area contributed by atoms with Gasteiger partial charge in [-0.3, -0.25) is 9.78 Å². The molecule has 2 aromatic heterocycles. The number of aromatic nitrogens is 3. The van der Waals surface area contributed by atoms with Crippen molar-refractivity contribution in [2.45, 2.75) is 19.9 Å². The maximum absolute atomic E-state index is 14.5. The first-order valence-electron chi connectivity index (χ1n) is 10.5. The Morgan fingerprint density at radius 1 is 1.12 bits per heavy atom. The van der Waals surface area contributed by atoms with Crippen molar-refractivity contribution in [1.82, 2.24) is 19.7 Å². The molecule has 0 atom stereocenters. The minimum atomic E-state index is -0.415. The highest BCUT2D eigenvalue weighted by atomic mass is 19.1. The van der Waals surface area contributed by atoms with E-state index in [2.05, 4.69) is 16.2 Å². The molecule has 0 N–H and O–H groups in total. The van der Waals surface area contributed by atoms with Crippen LogP contribution in [-0.2, 0) is 6.54 Å². The SMILES string of the molecule is Cc1ccc(-n2nc(-c3ccccc3F)cc2C(=O)N(CCC#N)Cc2cccnc2)cc1. The van der Waals surface area contributed by atoms with Gasteiger partial charge in [0.15, 0.2) is 0 Å². The van der Waals surface area contributed by atoms with Gasteiger partial charge in [-0.1, -0.05) is 35.9 Å². The van der Waals surface area contributed by atoms with E-state index in [4.69, 9.17) is 5.26 Å². The van der Waals surface area contributed by atoms with Gasteiger partial charge in [-0.2, -0.15) is 10.4 Å². The van der Waals surface area contributed by atoms with Crippen molar-refractivity contribution < 1.29 is 9.18 Å². The molecule has 2 heterocycles. The van der Waals surface area contributed by atoms with E-state index in [-0.39, 0.29) is 18.9 Å². The van der Waals surface area contributed by atoms with Gasteiger partial charge in [0.25, 0.3) is 5.91 Å². The topological polar surface area (TPSA) is 74.8 Å². The molecule has 0 aliphatic rings. The zero-order valence-electron chi connectivity index (χ0n) is 18.1. The van der Waals surface area contributed by atoms with Crippen LogP contribution in [0, 0.1) is 24.1 Å². The van der Waals surface area contributed by atoms with Crippen LogP contribution < -0.4 is 0 Å². The van der Waals surface area contributed by atoms with E-state index in [1.54, 1.807) is 47.6 Å². The Labute approximate surface area is 191 Å². The van der Waals surface area contributed by atoms with E-state index >= 15 is 0 Å². The lowest BCUT2D eigenvalue weighted by Gasteiger charge is -2.22. The third kappa shape index (κ3) is 4.96. The van der Waals surface area contributed by atoms with Gasteiger partial charge < -0.3 is 4.90 Å². The number of nitrogens with zero attached hydrogens (tertiary/aromatic N) is 5. The molecule has 2 aromatic carbocycles. The van der Waals surface area contributed by atoms with Crippen LogP contribution in [0.25, 0.3) is 16.9 Å². The fraction of sp³-hybridized carbons (Fsp3) is 0.154. The number of hydrogen-bond donors (Lipinski definition) is 0. The van der Waals surface area contributed by atoms with Crippen LogP contribution in [0.5, 0.6) is 0 Å². The first kappa shape index (κ1) is 21.9. The van der Waals surface area contributed by atoms with Crippen molar-refractivity contribution in [2.24, 2.45) is 0 Å². The summed E-state index contributed by atoms with van der Waals surface area (Å²) >= 11 is 0. The molecule has 0 saturated carbocycles. The van der Waals surface area contributed by atoms with Crippen LogP contribution in [0.2, 0.25) is 0 Å². The summed E-state index contributed by atoms with van der Waals surface area (Å²) in [5, 5.41) is 13.7. The Morgan fingerprint density at radius 2 is 1.91 bits per heavy atom. The number of rotatable bonds is 7. The van der Waals surface area contributed by atoms with E-state index in [0.717, 1.165) is 11.1 Å². The summed E-state index contributed by atoms with van der Waals surface area (Å²) in [7, 11) is 0. The molecule has 6 nitrogen and oxygen atoms in total. The molecule has 0 fully saturated rings. The van der Waals surface area contributed by atoms with E-state index in [1.165, 1.54) is 10.7 Å². The van der Waals surface area contributed by atoms with Gasteiger partial charge in [0.2, 0.25) is 0 Å². The van der Waals surface area contributed by atoms with Crippen molar-refractivity contribution >= 4 is 5.91 Å². The number of carbonyl (C=O) groups is 1. The molecular weight excluding hydrogens is 417 g/mol. The van der Waals surface area contributed by atoms with Crippen molar-refractivity contribution in [3.05, 3.63) is 102 Å². The molecule has 0 aliphatic heterocycles. The Bertz CT molecular complexity index is 1290. The lowest BCUT2D eigenvalue weighted by atomic mass is 10.1. The Balaban J connectivity index is 1.79.